The fourth-order valence-electron chi connectivity index (χ4n) is 3.96. The molecule has 168 valence electrons. The molecule has 0 N–H and O–H groups in total. The number of aromatic nitrogens is 3. The molecular formula is C25H25N5O2S. The van der Waals surface area contributed by atoms with E-state index in [0.717, 1.165) is 34.9 Å². The van der Waals surface area contributed by atoms with E-state index in [2.05, 4.69) is 20.0 Å². The van der Waals surface area contributed by atoms with Crippen LogP contribution in [0.25, 0.3) is 22.0 Å². The SMILES string of the molecule is Cc1ccc(-c2noc(CN3CCN(C(=O)c4ccc(-c5cccs5)nc4C)CC3)n2)cc1. The van der Waals surface area contributed by atoms with Crippen molar-refractivity contribution < 1.29 is 9.32 Å². The third-order valence-corrected chi connectivity index (χ3v) is 6.78. The molecular weight excluding hydrogens is 434 g/mol. The van der Waals surface area contributed by atoms with Gasteiger partial charge in [-0.1, -0.05) is 41.1 Å². The molecule has 0 spiro atoms. The highest BCUT2D eigenvalue weighted by Gasteiger charge is 2.25. The van der Waals surface area contributed by atoms with E-state index < -0.39 is 0 Å². The van der Waals surface area contributed by atoms with Gasteiger partial charge in [0.25, 0.3) is 5.91 Å². The average Bonchev–Trinajstić information content (AvgIpc) is 3.52. The lowest BCUT2D eigenvalue weighted by Gasteiger charge is -2.34. The predicted octanol–water partition coefficient (Wildman–Crippen LogP) is 4.43. The van der Waals surface area contributed by atoms with E-state index in [1.807, 2.05) is 72.7 Å². The van der Waals surface area contributed by atoms with Crippen molar-refractivity contribution in [2.75, 3.05) is 26.2 Å². The van der Waals surface area contributed by atoms with Crippen molar-refractivity contribution in [3.63, 3.8) is 0 Å². The Labute approximate surface area is 196 Å². The third kappa shape index (κ3) is 4.72. The maximum absolute atomic E-state index is 13.1. The minimum Gasteiger partial charge on any atom is -0.338 e. The van der Waals surface area contributed by atoms with Gasteiger partial charge in [0.2, 0.25) is 11.7 Å². The van der Waals surface area contributed by atoms with Crippen molar-refractivity contribution in [2.45, 2.75) is 20.4 Å². The Balaban J connectivity index is 1.18. The first-order chi connectivity index (χ1) is 16.1. The molecule has 4 aromatic rings. The van der Waals surface area contributed by atoms with Gasteiger partial charge in [-0.05, 0) is 37.4 Å². The zero-order valence-corrected chi connectivity index (χ0v) is 19.5. The topological polar surface area (TPSA) is 75.4 Å². The second-order valence-corrected chi connectivity index (χ2v) is 9.20. The zero-order valence-electron chi connectivity index (χ0n) is 18.7. The molecule has 0 atom stereocenters. The molecule has 7 nitrogen and oxygen atoms in total. The minimum atomic E-state index is 0.0387. The molecule has 0 radical (unpaired) electrons. The summed E-state index contributed by atoms with van der Waals surface area (Å²) in [6.07, 6.45) is 0. The van der Waals surface area contributed by atoms with Crippen molar-refractivity contribution in [3.8, 4) is 22.0 Å². The van der Waals surface area contributed by atoms with Crippen LogP contribution in [0.15, 0.2) is 58.4 Å². The van der Waals surface area contributed by atoms with Crippen LogP contribution in [0.3, 0.4) is 0 Å². The van der Waals surface area contributed by atoms with Gasteiger partial charge < -0.3 is 9.42 Å². The summed E-state index contributed by atoms with van der Waals surface area (Å²) in [5.74, 6) is 1.24. The van der Waals surface area contributed by atoms with E-state index in [1.54, 1.807) is 11.3 Å². The van der Waals surface area contributed by atoms with Crippen LogP contribution < -0.4 is 0 Å². The largest absolute Gasteiger partial charge is 0.338 e. The molecule has 1 aliphatic heterocycles. The Kier molecular flexibility index (Phi) is 6.02. The van der Waals surface area contributed by atoms with Crippen molar-refractivity contribution in [1.82, 2.24) is 24.9 Å². The van der Waals surface area contributed by atoms with E-state index >= 15 is 0 Å². The fourth-order valence-corrected chi connectivity index (χ4v) is 4.65. The van der Waals surface area contributed by atoms with Crippen molar-refractivity contribution in [3.05, 3.63) is 76.6 Å². The Bertz CT molecular complexity index is 1240. The molecule has 5 rings (SSSR count). The van der Waals surface area contributed by atoms with Crippen LogP contribution in [0.5, 0.6) is 0 Å². The van der Waals surface area contributed by atoms with Crippen LogP contribution in [0, 0.1) is 13.8 Å². The summed E-state index contributed by atoms with van der Waals surface area (Å²) in [6, 6.07) is 16.0. The highest BCUT2D eigenvalue weighted by molar-refractivity contribution is 7.13. The number of benzene rings is 1. The molecule has 0 aliphatic carbocycles. The summed E-state index contributed by atoms with van der Waals surface area (Å²) in [5.41, 5.74) is 4.49. The lowest BCUT2D eigenvalue weighted by molar-refractivity contribution is 0.0614. The van der Waals surface area contributed by atoms with Crippen LogP contribution in [0.4, 0.5) is 0 Å². The average molecular weight is 460 g/mol. The van der Waals surface area contributed by atoms with Crippen molar-refractivity contribution in [1.29, 1.82) is 0 Å². The van der Waals surface area contributed by atoms with Gasteiger partial charge >= 0.3 is 0 Å². The summed E-state index contributed by atoms with van der Waals surface area (Å²) < 4.78 is 5.46. The molecule has 33 heavy (non-hydrogen) atoms. The second kappa shape index (κ2) is 9.25. The smallest absolute Gasteiger partial charge is 0.255 e. The lowest BCUT2D eigenvalue weighted by atomic mass is 10.1. The number of carbonyl (C=O) groups excluding carboxylic acids is 1. The lowest BCUT2D eigenvalue weighted by Crippen LogP contribution is -2.48. The number of hydrogen-bond acceptors (Lipinski definition) is 7. The number of aryl methyl sites for hydroxylation is 2. The van der Waals surface area contributed by atoms with Crippen LogP contribution in [-0.2, 0) is 6.54 Å². The number of amides is 1. The summed E-state index contributed by atoms with van der Waals surface area (Å²) in [4.78, 5) is 27.5. The number of piperazine rings is 1. The molecule has 1 amide bonds. The van der Waals surface area contributed by atoms with Gasteiger partial charge in [-0.15, -0.1) is 11.3 Å². The number of hydrogen-bond donors (Lipinski definition) is 0. The monoisotopic (exact) mass is 459 g/mol. The molecule has 1 saturated heterocycles. The van der Waals surface area contributed by atoms with Crippen molar-refractivity contribution >= 4 is 17.2 Å². The number of rotatable bonds is 5. The van der Waals surface area contributed by atoms with Crippen molar-refractivity contribution in [2.24, 2.45) is 0 Å². The van der Waals surface area contributed by atoms with Gasteiger partial charge in [0.05, 0.1) is 28.4 Å². The Hall–Kier alpha value is -3.36. The molecule has 4 heterocycles. The number of nitrogens with zero attached hydrogens (tertiary/aromatic N) is 5. The summed E-state index contributed by atoms with van der Waals surface area (Å²) in [6.45, 7) is 7.36. The van der Waals surface area contributed by atoms with Gasteiger partial charge in [0.1, 0.15) is 0 Å². The predicted molar refractivity (Wildman–Crippen MR) is 128 cm³/mol. The van der Waals surface area contributed by atoms with Gasteiger partial charge in [0.15, 0.2) is 0 Å². The quantitative estimate of drug-likeness (QED) is 0.439. The summed E-state index contributed by atoms with van der Waals surface area (Å²) >= 11 is 1.65. The number of pyridine rings is 1. The molecule has 1 aliphatic rings. The van der Waals surface area contributed by atoms with E-state index in [9.17, 15) is 4.79 Å². The molecule has 1 fully saturated rings. The molecule has 0 unspecified atom stereocenters. The maximum atomic E-state index is 13.1. The maximum Gasteiger partial charge on any atom is 0.255 e. The molecule has 0 saturated carbocycles. The molecule has 1 aromatic carbocycles. The van der Waals surface area contributed by atoms with Crippen LogP contribution in [0.1, 0.15) is 27.5 Å². The first-order valence-corrected chi connectivity index (χ1v) is 11.9. The number of carbonyl (C=O) groups is 1. The van der Waals surface area contributed by atoms with Crippen LogP contribution in [-0.4, -0.2) is 57.0 Å². The van der Waals surface area contributed by atoms with Gasteiger partial charge in [-0.3, -0.25) is 14.7 Å². The zero-order chi connectivity index (χ0) is 22.8. The van der Waals surface area contributed by atoms with Crippen LogP contribution in [0.2, 0.25) is 0 Å². The van der Waals surface area contributed by atoms with Gasteiger partial charge in [-0.25, -0.2) is 0 Å². The molecule has 0 bridgehead atoms. The van der Waals surface area contributed by atoms with E-state index in [-0.39, 0.29) is 5.91 Å². The highest BCUT2D eigenvalue weighted by atomic mass is 32.1. The number of thiophene rings is 1. The Morgan fingerprint density at radius 1 is 1.00 bits per heavy atom. The Morgan fingerprint density at radius 2 is 1.79 bits per heavy atom. The van der Waals surface area contributed by atoms with Gasteiger partial charge in [-0.2, -0.15) is 4.98 Å². The molecule has 3 aromatic heterocycles. The van der Waals surface area contributed by atoms with E-state index in [0.29, 0.717) is 36.9 Å². The summed E-state index contributed by atoms with van der Waals surface area (Å²) in [5, 5.41) is 6.15. The normalized spacial score (nSPS) is 14.5. The standard InChI is InChI=1S/C25H25N5O2S/c1-17-5-7-19(8-6-17)24-27-23(32-28-24)16-29-11-13-30(14-12-29)25(31)20-9-10-21(26-18(20)2)22-4-3-15-33-22/h3-10,15H,11-14,16H2,1-2H3. The van der Waals surface area contributed by atoms with Crippen LogP contribution >= 0.6 is 11.3 Å². The molecule has 8 heteroatoms. The highest BCUT2D eigenvalue weighted by Crippen LogP contribution is 2.24. The second-order valence-electron chi connectivity index (χ2n) is 8.25. The minimum absolute atomic E-state index is 0.0387. The first kappa shape index (κ1) is 21.5. The third-order valence-electron chi connectivity index (χ3n) is 5.89. The van der Waals surface area contributed by atoms with Gasteiger partial charge in [0, 0.05) is 31.7 Å². The van der Waals surface area contributed by atoms with E-state index in [1.165, 1.54) is 5.56 Å². The van der Waals surface area contributed by atoms with E-state index in [4.69, 9.17) is 4.52 Å². The Morgan fingerprint density at radius 3 is 2.48 bits per heavy atom. The summed E-state index contributed by atoms with van der Waals surface area (Å²) in [7, 11) is 0. The fraction of sp³-hybridized carbons (Fsp3) is 0.280. The first-order valence-electron chi connectivity index (χ1n) is 11.0.